The second-order valence-electron chi connectivity index (χ2n) is 4.64. The molecule has 1 saturated heterocycles. The highest BCUT2D eigenvalue weighted by molar-refractivity contribution is 6.30. The van der Waals surface area contributed by atoms with Crippen molar-refractivity contribution in [1.82, 2.24) is 20.0 Å². The van der Waals surface area contributed by atoms with E-state index in [1.54, 1.807) is 16.6 Å². The number of nitrogens with one attached hydrogen (secondary N) is 1. The van der Waals surface area contributed by atoms with Crippen LogP contribution in [0.25, 0.3) is 0 Å². The molecule has 1 N–H and O–H groups in total. The van der Waals surface area contributed by atoms with E-state index in [2.05, 4.69) is 10.4 Å². The van der Waals surface area contributed by atoms with Crippen molar-refractivity contribution in [1.29, 1.82) is 0 Å². The number of halogens is 1. The van der Waals surface area contributed by atoms with Gasteiger partial charge in [0.05, 0.1) is 18.8 Å². The lowest BCUT2D eigenvalue weighted by Gasteiger charge is -2.34. The van der Waals surface area contributed by atoms with E-state index >= 15 is 0 Å². The molecule has 6 nitrogen and oxygen atoms in total. The van der Waals surface area contributed by atoms with E-state index in [1.165, 1.54) is 0 Å². The van der Waals surface area contributed by atoms with E-state index in [1.807, 2.05) is 13.8 Å². The minimum Gasteiger partial charge on any atom is -0.345 e. The van der Waals surface area contributed by atoms with E-state index in [0.29, 0.717) is 18.1 Å². The first-order valence-corrected chi connectivity index (χ1v) is 6.58. The summed E-state index contributed by atoms with van der Waals surface area (Å²) in [5.41, 5.74) is 1.58. The van der Waals surface area contributed by atoms with Gasteiger partial charge in [-0.05, 0) is 13.3 Å². The SMILES string of the molecule is CCC1C(=O)NCC(=O)N1Cc1c(C)nn(C)c1Cl. The molecule has 0 aromatic carbocycles. The Morgan fingerprint density at radius 2 is 2.16 bits per heavy atom. The minimum absolute atomic E-state index is 0.0479. The summed E-state index contributed by atoms with van der Waals surface area (Å²) >= 11 is 6.17. The lowest BCUT2D eigenvalue weighted by atomic mass is 10.1. The second-order valence-corrected chi connectivity index (χ2v) is 5.00. The third kappa shape index (κ3) is 2.45. The molecule has 2 heterocycles. The fourth-order valence-electron chi connectivity index (χ4n) is 2.33. The van der Waals surface area contributed by atoms with Gasteiger partial charge in [-0.1, -0.05) is 18.5 Å². The molecule has 1 aliphatic rings. The number of aryl methyl sites for hydroxylation is 2. The second kappa shape index (κ2) is 5.21. The number of hydrogen-bond donors (Lipinski definition) is 1. The Labute approximate surface area is 116 Å². The van der Waals surface area contributed by atoms with Crippen LogP contribution in [0.1, 0.15) is 24.6 Å². The number of carbonyl (C=O) groups excluding carboxylic acids is 2. The van der Waals surface area contributed by atoms with Crippen molar-refractivity contribution in [3.63, 3.8) is 0 Å². The molecular formula is C12H17ClN4O2. The fraction of sp³-hybridized carbons (Fsp3) is 0.583. The van der Waals surface area contributed by atoms with Crippen LogP contribution in [0.15, 0.2) is 0 Å². The number of nitrogens with zero attached hydrogens (tertiary/aromatic N) is 3. The van der Waals surface area contributed by atoms with E-state index in [0.717, 1.165) is 11.3 Å². The maximum absolute atomic E-state index is 12.0. The predicted octanol–water partition coefficient (Wildman–Crippen LogP) is 0.619. The number of amides is 2. The average molecular weight is 285 g/mol. The van der Waals surface area contributed by atoms with Crippen LogP contribution in [-0.2, 0) is 23.2 Å². The molecule has 0 spiro atoms. The summed E-state index contributed by atoms with van der Waals surface area (Å²) in [6.45, 7) is 4.10. The zero-order valence-corrected chi connectivity index (χ0v) is 12.0. The first-order valence-electron chi connectivity index (χ1n) is 6.20. The summed E-state index contributed by atoms with van der Waals surface area (Å²) < 4.78 is 1.57. The highest BCUT2D eigenvalue weighted by atomic mass is 35.5. The Hall–Kier alpha value is -1.56. The Morgan fingerprint density at radius 1 is 1.47 bits per heavy atom. The van der Waals surface area contributed by atoms with Gasteiger partial charge in [0.1, 0.15) is 11.2 Å². The third-order valence-electron chi connectivity index (χ3n) is 3.40. The van der Waals surface area contributed by atoms with Gasteiger partial charge >= 0.3 is 0 Å². The highest BCUT2D eigenvalue weighted by Gasteiger charge is 2.34. The van der Waals surface area contributed by atoms with E-state index in [4.69, 9.17) is 11.6 Å². The van der Waals surface area contributed by atoms with Crippen LogP contribution in [0.4, 0.5) is 0 Å². The van der Waals surface area contributed by atoms with Crippen LogP contribution in [0.3, 0.4) is 0 Å². The van der Waals surface area contributed by atoms with Crippen molar-refractivity contribution in [2.45, 2.75) is 32.9 Å². The standard InChI is InChI=1S/C12H17ClN4O2/c1-4-9-12(19)14-5-10(18)17(9)6-8-7(2)15-16(3)11(8)13/h9H,4-6H2,1-3H3,(H,14,19). The molecule has 1 fully saturated rings. The van der Waals surface area contributed by atoms with Crippen molar-refractivity contribution in [3.8, 4) is 0 Å². The van der Waals surface area contributed by atoms with Gasteiger partial charge in [-0.15, -0.1) is 0 Å². The molecule has 0 bridgehead atoms. The summed E-state index contributed by atoms with van der Waals surface area (Å²) in [5.74, 6) is -0.203. The van der Waals surface area contributed by atoms with Gasteiger partial charge in [0.2, 0.25) is 11.8 Å². The molecule has 1 aliphatic heterocycles. The van der Waals surface area contributed by atoms with Crippen LogP contribution in [0.5, 0.6) is 0 Å². The van der Waals surface area contributed by atoms with Crippen molar-refractivity contribution in [2.75, 3.05) is 6.54 Å². The van der Waals surface area contributed by atoms with Gasteiger partial charge in [-0.2, -0.15) is 5.10 Å². The summed E-state index contributed by atoms with van der Waals surface area (Å²) in [5, 5.41) is 7.32. The number of rotatable bonds is 3. The largest absolute Gasteiger partial charge is 0.345 e. The Bertz CT molecular complexity index is 526. The van der Waals surface area contributed by atoms with Gasteiger partial charge in [0.25, 0.3) is 0 Å². The van der Waals surface area contributed by atoms with E-state index in [9.17, 15) is 9.59 Å². The Balaban J connectivity index is 2.29. The van der Waals surface area contributed by atoms with Crippen LogP contribution in [0.2, 0.25) is 5.15 Å². The number of carbonyl (C=O) groups is 2. The molecule has 1 aromatic heterocycles. The number of aromatic nitrogens is 2. The van der Waals surface area contributed by atoms with Crippen molar-refractivity contribution in [3.05, 3.63) is 16.4 Å². The summed E-state index contributed by atoms with van der Waals surface area (Å²) in [6, 6.07) is -0.433. The molecule has 104 valence electrons. The zero-order chi connectivity index (χ0) is 14.2. The predicted molar refractivity (Wildman–Crippen MR) is 70.6 cm³/mol. The van der Waals surface area contributed by atoms with Gasteiger partial charge in [0, 0.05) is 12.6 Å². The van der Waals surface area contributed by atoms with Gasteiger partial charge in [0.15, 0.2) is 0 Å². The molecule has 0 radical (unpaired) electrons. The third-order valence-corrected chi connectivity index (χ3v) is 3.87. The monoisotopic (exact) mass is 284 g/mol. The first kappa shape index (κ1) is 13.9. The topological polar surface area (TPSA) is 67.2 Å². The van der Waals surface area contributed by atoms with Crippen LogP contribution in [-0.4, -0.2) is 39.1 Å². The van der Waals surface area contributed by atoms with Crippen LogP contribution in [0, 0.1) is 6.92 Å². The molecule has 0 aliphatic carbocycles. The van der Waals surface area contributed by atoms with E-state index < -0.39 is 6.04 Å². The summed E-state index contributed by atoms with van der Waals surface area (Å²) in [7, 11) is 1.75. The fourth-order valence-corrected chi connectivity index (χ4v) is 2.56. The van der Waals surface area contributed by atoms with E-state index in [-0.39, 0.29) is 18.4 Å². The molecule has 2 amide bonds. The highest BCUT2D eigenvalue weighted by Crippen LogP contribution is 2.23. The molecule has 1 aromatic rings. The number of piperazine rings is 1. The smallest absolute Gasteiger partial charge is 0.243 e. The molecule has 1 unspecified atom stereocenters. The van der Waals surface area contributed by atoms with Crippen molar-refractivity contribution in [2.24, 2.45) is 7.05 Å². The van der Waals surface area contributed by atoms with Gasteiger partial charge in [-0.25, -0.2) is 0 Å². The molecule has 19 heavy (non-hydrogen) atoms. The molecule has 1 atom stereocenters. The maximum Gasteiger partial charge on any atom is 0.243 e. The summed E-state index contributed by atoms with van der Waals surface area (Å²) in [4.78, 5) is 25.3. The summed E-state index contributed by atoms with van der Waals surface area (Å²) in [6.07, 6.45) is 0.578. The van der Waals surface area contributed by atoms with Gasteiger partial charge < -0.3 is 10.2 Å². The van der Waals surface area contributed by atoms with Crippen LogP contribution >= 0.6 is 11.6 Å². The van der Waals surface area contributed by atoms with Crippen molar-refractivity contribution >= 4 is 23.4 Å². The lowest BCUT2D eigenvalue weighted by molar-refractivity contribution is -0.146. The minimum atomic E-state index is -0.433. The molecule has 7 heteroatoms. The Morgan fingerprint density at radius 3 is 2.68 bits per heavy atom. The molecule has 0 saturated carbocycles. The van der Waals surface area contributed by atoms with Gasteiger partial charge in [-0.3, -0.25) is 14.3 Å². The normalized spacial score (nSPS) is 19.8. The van der Waals surface area contributed by atoms with Crippen molar-refractivity contribution < 1.29 is 9.59 Å². The molecule has 2 rings (SSSR count). The molecular weight excluding hydrogens is 268 g/mol. The van der Waals surface area contributed by atoms with Crippen LogP contribution < -0.4 is 5.32 Å². The maximum atomic E-state index is 12.0. The first-order chi connectivity index (χ1) is 8.95. The number of hydrogen-bond acceptors (Lipinski definition) is 3. The quantitative estimate of drug-likeness (QED) is 0.885. The average Bonchev–Trinajstić information content (AvgIpc) is 2.60. The zero-order valence-electron chi connectivity index (χ0n) is 11.2. The Kier molecular flexibility index (Phi) is 3.80. The lowest BCUT2D eigenvalue weighted by Crippen LogP contribution is -2.57.